The lowest BCUT2D eigenvalue weighted by Gasteiger charge is -2.21. The van der Waals surface area contributed by atoms with E-state index in [0.29, 0.717) is 6.42 Å². The first kappa shape index (κ1) is 18.5. The van der Waals surface area contributed by atoms with Gasteiger partial charge >= 0.3 is 0 Å². The van der Waals surface area contributed by atoms with E-state index in [2.05, 4.69) is 18.3 Å². The van der Waals surface area contributed by atoms with Crippen LogP contribution in [0.1, 0.15) is 50.3 Å². The van der Waals surface area contributed by atoms with Gasteiger partial charge in [0.2, 0.25) is 0 Å². The van der Waals surface area contributed by atoms with Crippen molar-refractivity contribution in [1.82, 2.24) is 5.32 Å². The minimum Gasteiger partial charge on any atom is -0.310 e. The first-order chi connectivity index (χ1) is 9.91. The second-order valence-electron chi connectivity index (χ2n) is 5.34. The summed E-state index contributed by atoms with van der Waals surface area (Å²) in [5.74, 6) is 0.476. The number of hydrogen-bond acceptors (Lipinski definition) is 3. The van der Waals surface area contributed by atoms with Gasteiger partial charge in [0.1, 0.15) is 9.84 Å². The Balaban J connectivity index is 2.78. The van der Waals surface area contributed by atoms with Gasteiger partial charge in [-0.25, -0.2) is 8.42 Å². The van der Waals surface area contributed by atoms with Crippen molar-refractivity contribution < 1.29 is 8.42 Å². The second kappa shape index (κ2) is 8.76. The molecule has 0 aliphatic carbocycles. The van der Waals surface area contributed by atoms with Crippen LogP contribution in [0.4, 0.5) is 0 Å². The van der Waals surface area contributed by atoms with Crippen LogP contribution in [0.15, 0.2) is 18.2 Å². The molecule has 1 rings (SSSR count). The lowest BCUT2D eigenvalue weighted by Crippen LogP contribution is -2.24. The molecule has 0 fully saturated rings. The van der Waals surface area contributed by atoms with Gasteiger partial charge in [0.25, 0.3) is 0 Å². The minimum absolute atomic E-state index is 0.163. The fourth-order valence-electron chi connectivity index (χ4n) is 2.34. The summed E-state index contributed by atoms with van der Waals surface area (Å²) in [5, 5.41) is 4.27. The molecule has 0 saturated carbocycles. The predicted molar refractivity (Wildman–Crippen MR) is 90.8 cm³/mol. The van der Waals surface area contributed by atoms with Crippen molar-refractivity contribution in [2.75, 3.05) is 18.1 Å². The van der Waals surface area contributed by atoms with E-state index in [0.717, 1.165) is 30.0 Å². The lowest BCUT2D eigenvalue weighted by molar-refractivity contribution is 0.490. The van der Waals surface area contributed by atoms with Crippen LogP contribution in [0, 0.1) is 6.92 Å². The van der Waals surface area contributed by atoms with Gasteiger partial charge in [0.05, 0.1) is 5.75 Å². The highest BCUT2D eigenvalue weighted by atomic mass is 35.5. The van der Waals surface area contributed by atoms with Crippen molar-refractivity contribution >= 4 is 21.4 Å². The van der Waals surface area contributed by atoms with Gasteiger partial charge in [-0.15, -0.1) is 0 Å². The molecule has 0 aromatic heterocycles. The molecule has 1 atom stereocenters. The molecule has 1 N–H and O–H groups in total. The van der Waals surface area contributed by atoms with E-state index in [4.69, 9.17) is 11.6 Å². The normalized spacial score (nSPS) is 13.3. The van der Waals surface area contributed by atoms with E-state index in [1.807, 2.05) is 19.1 Å². The Morgan fingerprint density at radius 1 is 1.29 bits per heavy atom. The number of halogens is 1. The molecule has 5 heteroatoms. The maximum absolute atomic E-state index is 11.6. The van der Waals surface area contributed by atoms with Gasteiger partial charge in [0, 0.05) is 16.8 Å². The molecule has 0 spiro atoms. The summed E-state index contributed by atoms with van der Waals surface area (Å²) in [6.07, 6.45) is 2.52. The number of rotatable bonds is 9. The number of sulfone groups is 1. The zero-order valence-electron chi connectivity index (χ0n) is 13.2. The topological polar surface area (TPSA) is 46.2 Å². The van der Waals surface area contributed by atoms with Gasteiger partial charge in [-0.2, -0.15) is 0 Å². The Morgan fingerprint density at radius 3 is 2.62 bits per heavy atom. The zero-order valence-corrected chi connectivity index (χ0v) is 14.7. The summed E-state index contributed by atoms with van der Waals surface area (Å²) < 4.78 is 23.2. The quantitative estimate of drug-likeness (QED) is 0.746. The Bertz CT molecular complexity index is 543. The molecule has 120 valence electrons. The van der Waals surface area contributed by atoms with Crippen LogP contribution in [0.5, 0.6) is 0 Å². The molecular formula is C16H26ClNO2S. The van der Waals surface area contributed by atoms with Crippen molar-refractivity contribution in [1.29, 1.82) is 0 Å². The fourth-order valence-corrected chi connectivity index (χ4v) is 3.42. The Morgan fingerprint density at radius 2 is 2.00 bits per heavy atom. The highest BCUT2D eigenvalue weighted by Gasteiger charge is 2.16. The highest BCUT2D eigenvalue weighted by Crippen LogP contribution is 2.27. The molecule has 1 aromatic carbocycles. The van der Waals surface area contributed by atoms with Crippen molar-refractivity contribution in [3.63, 3.8) is 0 Å². The molecule has 0 aliphatic heterocycles. The van der Waals surface area contributed by atoms with Crippen LogP contribution < -0.4 is 5.32 Å². The van der Waals surface area contributed by atoms with E-state index in [1.54, 1.807) is 6.92 Å². The third kappa shape index (κ3) is 5.97. The molecule has 0 saturated heterocycles. The number of nitrogens with one attached hydrogen (secondary N) is 1. The van der Waals surface area contributed by atoms with Crippen LogP contribution in [0.25, 0.3) is 0 Å². The molecule has 0 amide bonds. The highest BCUT2D eigenvalue weighted by molar-refractivity contribution is 7.91. The summed E-state index contributed by atoms with van der Waals surface area (Å²) >= 11 is 6.20. The first-order valence-electron chi connectivity index (χ1n) is 7.60. The summed E-state index contributed by atoms with van der Waals surface area (Å²) in [4.78, 5) is 0. The molecular weight excluding hydrogens is 306 g/mol. The third-order valence-electron chi connectivity index (χ3n) is 3.71. The van der Waals surface area contributed by atoms with Crippen LogP contribution in [-0.4, -0.2) is 26.5 Å². The van der Waals surface area contributed by atoms with Gasteiger partial charge in [-0.3, -0.25) is 0 Å². The van der Waals surface area contributed by atoms with Gasteiger partial charge in [0.15, 0.2) is 0 Å². The van der Waals surface area contributed by atoms with Crippen molar-refractivity contribution in [2.45, 2.75) is 46.1 Å². The van der Waals surface area contributed by atoms with E-state index in [9.17, 15) is 8.42 Å². The van der Waals surface area contributed by atoms with Gasteiger partial charge in [-0.1, -0.05) is 37.6 Å². The molecule has 1 aromatic rings. The SMILES string of the molecule is CCCNC(CCCS(=O)(=O)CC)c1cccc(Cl)c1C. The average molecular weight is 332 g/mol. The van der Waals surface area contributed by atoms with E-state index < -0.39 is 9.84 Å². The fraction of sp³-hybridized carbons (Fsp3) is 0.625. The Hall–Kier alpha value is -0.580. The maximum Gasteiger partial charge on any atom is 0.150 e. The molecule has 0 bridgehead atoms. The zero-order chi connectivity index (χ0) is 15.9. The minimum atomic E-state index is -2.89. The average Bonchev–Trinajstić information content (AvgIpc) is 2.46. The molecule has 21 heavy (non-hydrogen) atoms. The van der Waals surface area contributed by atoms with Crippen molar-refractivity contribution in [2.24, 2.45) is 0 Å². The standard InChI is InChI=1S/C16H26ClNO2S/c1-4-11-18-16(10-7-12-21(19,20)5-2)14-8-6-9-15(17)13(14)3/h6,8-9,16,18H,4-5,7,10-12H2,1-3H3. The second-order valence-corrected chi connectivity index (χ2v) is 8.22. The van der Waals surface area contributed by atoms with Crippen molar-refractivity contribution in [3.05, 3.63) is 34.3 Å². The Kier molecular flexibility index (Phi) is 7.71. The van der Waals surface area contributed by atoms with Crippen LogP contribution in [-0.2, 0) is 9.84 Å². The summed E-state index contributed by atoms with van der Waals surface area (Å²) in [6, 6.07) is 6.08. The van der Waals surface area contributed by atoms with E-state index >= 15 is 0 Å². The predicted octanol–water partition coefficient (Wildman–Crippen LogP) is 3.90. The summed E-state index contributed by atoms with van der Waals surface area (Å²) in [7, 11) is -2.89. The largest absolute Gasteiger partial charge is 0.310 e. The van der Waals surface area contributed by atoms with Crippen LogP contribution in [0.2, 0.25) is 5.02 Å². The first-order valence-corrected chi connectivity index (χ1v) is 9.80. The van der Waals surface area contributed by atoms with Gasteiger partial charge < -0.3 is 5.32 Å². The number of benzene rings is 1. The summed E-state index contributed by atoms with van der Waals surface area (Å²) in [5.41, 5.74) is 2.25. The summed E-state index contributed by atoms with van der Waals surface area (Å²) in [6.45, 7) is 6.75. The third-order valence-corrected chi connectivity index (χ3v) is 5.91. The molecule has 3 nitrogen and oxygen atoms in total. The van der Waals surface area contributed by atoms with Crippen molar-refractivity contribution in [3.8, 4) is 0 Å². The lowest BCUT2D eigenvalue weighted by atomic mass is 9.97. The maximum atomic E-state index is 11.6. The Labute approximate surface area is 134 Å². The molecule has 1 unspecified atom stereocenters. The van der Waals surface area contributed by atoms with Crippen LogP contribution >= 0.6 is 11.6 Å². The van der Waals surface area contributed by atoms with Gasteiger partial charge in [-0.05, 0) is 49.9 Å². The number of hydrogen-bond donors (Lipinski definition) is 1. The smallest absolute Gasteiger partial charge is 0.150 e. The molecule has 0 heterocycles. The van der Waals surface area contributed by atoms with E-state index in [-0.39, 0.29) is 17.5 Å². The van der Waals surface area contributed by atoms with E-state index in [1.165, 1.54) is 5.56 Å². The molecule has 0 radical (unpaired) electrons. The molecule has 0 aliphatic rings. The van der Waals surface area contributed by atoms with Crippen LogP contribution in [0.3, 0.4) is 0 Å². The monoisotopic (exact) mass is 331 g/mol.